The zero-order valence-electron chi connectivity index (χ0n) is 14.4. The molecular formula is C18H18N8. The van der Waals surface area contributed by atoms with E-state index in [0.29, 0.717) is 0 Å². The fourth-order valence-corrected chi connectivity index (χ4v) is 3.41. The third kappa shape index (κ3) is 2.42. The lowest BCUT2D eigenvalue weighted by Gasteiger charge is -2.35. The van der Waals surface area contributed by atoms with Gasteiger partial charge in [0.25, 0.3) is 0 Å². The molecule has 1 aromatic carbocycles. The van der Waals surface area contributed by atoms with Crippen LogP contribution in [0.2, 0.25) is 0 Å². The third-order valence-electron chi connectivity index (χ3n) is 4.82. The number of benzene rings is 1. The van der Waals surface area contributed by atoms with Crippen LogP contribution in [0.15, 0.2) is 43.1 Å². The Bertz CT molecular complexity index is 1080. The van der Waals surface area contributed by atoms with Gasteiger partial charge in [-0.3, -0.25) is 4.98 Å². The first-order chi connectivity index (χ1) is 12.8. The second-order valence-corrected chi connectivity index (χ2v) is 6.42. The Balaban J connectivity index is 1.38. The molecular weight excluding hydrogens is 328 g/mol. The fourth-order valence-electron chi connectivity index (χ4n) is 3.41. The average molecular weight is 346 g/mol. The van der Waals surface area contributed by atoms with Gasteiger partial charge in [0.05, 0.1) is 23.6 Å². The number of fused-ring (bicyclic) bond motifs is 2. The molecule has 3 aromatic heterocycles. The molecule has 5 rings (SSSR count). The molecule has 8 heteroatoms. The predicted molar refractivity (Wildman–Crippen MR) is 100 cm³/mol. The number of hydrogen-bond donors (Lipinski definition) is 0. The van der Waals surface area contributed by atoms with Crippen molar-refractivity contribution in [3.8, 4) is 0 Å². The van der Waals surface area contributed by atoms with Gasteiger partial charge in [-0.25, -0.2) is 19.9 Å². The molecule has 0 saturated carbocycles. The molecule has 1 aliphatic heterocycles. The summed E-state index contributed by atoms with van der Waals surface area (Å²) in [6, 6.07) is 7.96. The smallest absolute Gasteiger partial charge is 0.165 e. The quantitative estimate of drug-likeness (QED) is 0.546. The van der Waals surface area contributed by atoms with Crippen LogP contribution in [0.4, 0.5) is 11.6 Å². The molecule has 1 saturated heterocycles. The zero-order valence-corrected chi connectivity index (χ0v) is 14.4. The molecule has 26 heavy (non-hydrogen) atoms. The van der Waals surface area contributed by atoms with Gasteiger partial charge in [0.2, 0.25) is 0 Å². The molecule has 0 N–H and O–H groups in total. The van der Waals surface area contributed by atoms with E-state index in [2.05, 4.69) is 29.7 Å². The van der Waals surface area contributed by atoms with Gasteiger partial charge in [-0.15, -0.1) is 0 Å². The van der Waals surface area contributed by atoms with E-state index in [4.69, 9.17) is 4.98 Å². The maximum absolute atomic E-state index is 4.75. The van der Waals surface area contributed by atoms with Crippen LogP contribution in [-0.4, -0.2) is 55.7 Å². The highest BCUT2D eigenvalue weighted by Gasteiger charge is 2.22. The SMILES string of the molecule is Cn1cnc2c(N3CCN(c4cnc5ccccc5n4)CC3)ncnc21. The van der Waals surface area contributed by atoms with Crippen molar-refractivity contribution in [2.45, 2.75) is 0 Å². The van der Waals surface area contributed by atoms with Gasteiger partial charge in [0.1, 0.15) is 12.1 Å². The van der Waals surface area contributed by atoms with Crippen molar-refractivity contribution >= 4 is 33.8 Å². The lowest BCUT2D eigenvalue weighted by molar-refractivity contribution is 0.642. The van der Waals surface area contributed by atoms with Gasteiger partial charge in [-0.05, 0) is 12.1 Å². The number of rotatable bonds is 2. The predicted octanol–water partition coefficient (Wildman–Crippen LogP) is 1.63. The second-order valence-electron chi connectivity index (χ2n) is 6.42. The highest BCUT2D eigenvalue weighted by molar-refractivity contribution is 5.83. The molecule has 0 atom stereocenters. The fraction of sp³-hybridized carbons (Fsp3) is 0.278. The van der Waals surface area contributed by atoms with Crippen LogP contribution < -0.4 is 9.80 Å². The molecule has 0 spiro atoms. The third-order valence-corrected chi connectivity index (χ3v) is 4.82. The topological polar surface area (TPSA) is 75.9 Å². The van der Waals surface area contributed by atoms with Crippen molar-refractivity contribution in [2.24, 2.45) is 7.05 Å². The van der Waals surface area contributed by atoms with Crippen molar-refractivity contribution < 1.29 is 0 Å². The number of imidazole rings is 1. The van der Waals surface area contributed by atoms with Gasteiger partial charge >= 0.3 is 0 Å². The number of piperazine rings is 1. The number of para-hydroxylation sites is 2. The maximum atomic E-state index is 4.75. The zero-order chi connectivity index (χ0) is 17.5. The van der Waals surface area contributed by atoms with Crippen LogP contribution >= 0.6 is 0 Å². The minimum atomic E-state index is 0.856. The highest BCUT2D eigenvalue weighted by atomic mass is 15.3. The Morgan fingerprint density at radius 2 is 1.62 bits per heavy atom. The molecule has 0 bridgehead atoms. The Labute approximate surface area is 150 Å². The van der Waals surface area contributed by atoms with Crippen LogP contribution in [0.1, 0.15) is 0 Å². The Kier molecular flexibility index (Phi) is 3.41. The monoisotopic (exact) mass is 346 g/mol. The van der Waals surface area contributed by atoms with E-state index in [1.807, 2.05) is 42.1 Å². The summed E-state index contributed by atoms with van der Waals surface area (Å²) in [5.74, 6) is 1.83. The van der Waals surface area contributed by atoms with E-state index in [1.54, 1.807) is 12.7 Å². The van der Waals surface area contributed by atoms with E-state index in [0.717, 1.165) is 60.0 Å². The molecule has 0 radical (unpaired) electrons. The lowest BCUT2D eigenvalue weighted by atomic mass is 10.3. The molecule has 0 amide bonds. The van der Waals surface area contributed by atoms with Crippen LogP contribution in [0.25, 0.3) is 22.2 Å². The van der Waals surface area contributed by atoms with Crippen LogP contribution in [0.5, 0.6) is 0 Å². The molecule has 8 nitrogen and oxygen atoms in total. The van der Waals surface area contributed by atoms with E-state index < -0.39 is 0 Å². The highest BCUT2D eigenvalue weighted by Crippen LogP contribution is 2.23. The van der Waals surface area contributed by atoms with Crippen molar-refractivity contribution in [3.63, 3.8) is 0 Å². The van der Waals surface area contributed by atoms with Crippen LogP contribution in [0.3, 0.4) is 0 Å². The summed E-state index contributed by atoms with van der Waals surface area (Å²) in [6.07, 6.45) is 5.25. The number of nitrogens with zero attached hydrogens (tertiary/aromatic N) is 8. The van der Waals surface area contributed by atoms with Crippen LogP contribution in [0, 0.1) is 0 Å². The van der Waals surface area contributed by atoms with Gasteiger partial charge < -0.3 is 14.4 Å². The lowest BCUT2D eigenvalue weighted by Crippen LogP contribution is -2.47. The Morgan fingerprint density at radius 3 is 2.46 bits per heavy atom. The minimum Gasteiger partial charge on any atom is -0.352 e. The summed E-state index contributed by atoms with van der Waals surface area (Å²) >= 11 is 0. The van der Waals surface area contributed by atoms with Crippen molar-refractivity contribution in [2.75, 3.05) is 36.0 Å². The van der Waals surface area contributed by atoms with E-state index in [9.17, 15) is 0 Å². The van der Waals surface area contributed by atoms with Crippen molar-refractivity contribution in [3.05, 3.63) is 43.1 Å². The first-order valence-corrected chi connectivity index (χ1v) is 8.63. The van der Waals surface area contributed by atoms with Crippen molar-refractivity contribution in [1.29, 1.82) is 0 Å². The number of anilines is 2. The molecule has 1 fully saturated rings. The normalized spacial score (nSPS) is 15.1. The van der Waals surface area contributed by atoms with Gasteiger partial charge in [-0.2, -0.15) is 0 Å². The van der Waals surface area contributed by atoms with E-state index in [-0.39, 0.29) is 0 Å². The maximum Gasteiger partial charge on any atom is 0.165 e. The molecule has 1 aliphatic rings. The average Bonchev–Trinajstić information content (AvgIpc) is 3.09. The molecule has 0 unspecified atom stereocenters. The van der Waals surface area contributed by atoms with E-state index in [1.165, 1.54) is 0 Å². The second kappa shape index (κ2) is 5.91. The molecule has 130 valence electrons. The minimum absolute atomic E-state index is 0.856. The van der Waals surface area contributed by atoms with Crippen LogP contribution in [-0.2, 0) is 7.05 Å². The van der Waals surface area contributed by atoms with Gasteiger partial charge in [0, 0.05) is 33.2 Å². The molecule has 4 heterocycles. The molecule has 0 aliphatic carbocycles. The van der Waals surface area contributed by atoms with Crippen molar-refractivity contribution in [1.82, 2.24) is 29.5 Å². The summed E-state index contributed by atoms with van der Waals surface area (Å²) in [5, 5.41) is 0. The summed E-state index contributed by atoms with van der Waals surface area (Å²) in [6.45, 7) is 3.45. The summed E-state index contributed by atoms with van der Waals surface area (Å²) in [4.78, 5) is 27.1. The Hall–Kier alpha value is -3.29. The number of aromatic nitrogens is 6. The standard InChI is InChI=1S/C18H18N8/c1-24-12-22-16-17(24)20-11-21-18(16)26-8-6-25(7-9-26)15-10-19-13-4-2-3-5-14(13)23-15/h2-5,10-12H,6-9H2,1H3. The Morgan fingerprint density at radius 1 is 0.846 bits per heavy atom. The first-order valence-electron chi connectivity index (χ1n) is 8.63. The molecule has 4 aromatic rings. The largest absolute Gasteiger partial charge is 0.352 e. The number of hydrogen-bond acceptors (Lipinski definition) is 7. The van der Waals surface area contributed by atoms with Gasteiger partial charge in [0.15, 0.2) is 17.0 Å². The first kappa shape index (κ1) is 15.0. The number of aryl methyl sites for hydroxylation is 1. The van der Waals surface area contributed by atoms with E-state index >= 15 is 0 Å². The van der Waals surface area contributed by atoms with Gasteiger partial charge in [-0.1, -0.05) is 12.1 Å². The summed E-state index contributed by atoms with van der Waals surface area (Å²) in [7, 11) is 1.95. The summed E-state index contributed by atoms with van der Waals surface area (Å²) in [5.41, 5.74) is 3.57. The summed E-state index contributed by atoms with van der Waals surface area (Å²) < 4.78 is 1.92.